The topological polar surface area (TPSA) is 93.7 Å². The average molecular weight is 467 g/mol. The third-order valence-electron chi connectivity index (χ3n) is 4.58. The number of para-hydroxylation sites is 1. The zero-order valence-corrected chi connectivity index (χ0v) is 18.7. The number of halogens is 1. The lowest BCUT2D eigenvalue weighted by atomic mass is 10.2. The Bertz CT molecular complexity index is 1120. The van der Waals surface area contributed by atoms with Crippen LogP contribution in [0.1, 0.15) is 18.4 Å². The minimum Gasteiger partial charge on any atom is -0.457 e. The molecule has 0 saturated carbocycles. The van der Waals surface area contributed by atoms with Crippen molar-refractivity contribution in [2.45, 2.75) is 19.8 Å². The van der Waals surface area contributed by atoms with Crippen LogP contribution in [0.25, 0.3) is 0 Å². The maximum absolute atomic E-state index is 12.1. The van der Waals surface area contributed by atoms with Crippen molar-refractivity contribution in [1.29, 1.82) is 0 Å². The molecular weight excluding hydrogens is 444 g/mol. The number of amides is 2. The van der Waals surface area contributed by atoms with Crippen LogP contribution in [-0.4, -0.2) is 24.4 Å². The summed E-state index contributed by atoms with van der Waals surface area (Å²) in [6.07, 6.45) is -0.222. The molecule has 0 atom stereocenters. The molecule has 0 fully saturated rings. The highest BCUT2D eigenvalue weighted by Gasteiger charge is 2.12. The molecule has 0 aliphatic rings. The highest BCUT2D eigenvalue weighted by atomic mass is 35.5. The first-order valence-electron chi connectivity index (χ1n) is 10.2. The highest BCUT2D eigenvalue weighted by molar-refractivity contribution is 6.31. The van der Waals surface area contributed by atoms with Gasteiger partial charge in [0.1, 0.15) is 11.5 Å². The molecular formula is C25H23ClN2O5. The minimum atomic E-state index is -0.644. The number of benzene rings is 3. The van der Waals surface area contributed by atoms with Crippen LogP contribution in [0.5, 0.6) is 11.5 Å². The van der Waals surface area contributed by atoms with E-state index in [2.05, 4.69) is 10.6 Å². The normalized spacial score (nSPS) is 10.2. The molecule has 3 rings (SSSR count). The van der Waals surface area contributed by atoms with Crippen LogP contribution < -0.4 is 15.4 Å². The Hall–Kier alpha value is -3.84. The number of carbonyl (C=O) groups is 3. The van der Waals surface area contributed by atoms with Gasteiger partial charge in [0.15, 0.2) is 6.61 Å². The first kappa shape index (κ1) is 23.8. The van der Waals surface area contributed by atoms with Gasteiger partial charge in [-0.1, -0.05) is 35.9 Å². The van der Waals surface area contributed by atoms with Crippen LogP contribution in [0.15, 0.2) is 72.8 Å². The standard InChI is InChI=1S/C25H23ClN2O5/c1-17-21(26)8-5-9-22(17)28-24(30)16-32-25(31)15-14-23(29)27-18-10-12-20(13-11-18)33-19-6-3-2-4-7-19/h2-13H,14-16H2,1H3,(H,27,29)(H,28,30). The van der Waals surface area contributed by atoms with Crippen molar-refractivity contribution in [3.8, 4) is 11.5 Å². The fourth-order valence-electron chi connectivity index (χ4n) is 2.82. The quantitative estimate of drug-likeness (QED) is 0.415. The number of nitrogens with one attached hydrogen (secondary N) is 2. The second-order valence-corrected chi connectivity index (χ2v) is 7.52. The van der Waals surface area contributed by atoms with E-state index in [1.165, 1.54) is 0 Å². The van der Waals surface area contributed by atoms with Gasteiger partial charge < -0.3 is 20.1 Å². The lowest BCUT2D eigenvalue weighted by molar-refractivity contribution is -0.147. The van der Waals surface area contributed by atoms with Gasteiger partial charge >= 0.3 is 5.97 Å². The second-order valence-electron chi connectivity index (χ2n) is 7.11. The van der Waals surface area contributed by atoms with Crippen molar-refractivity contribution in [2.75, 3.05) is 17.2 Å². The van der Waals surface area contributed by atoms with E-state index in [9.17, 15) is 14.4 Å². The van der Waals surface area contributed by atoms with E-state index < -0.39 is 18.5 Å². The van der Waals surface area contributed by atoms with Crippen LogP contribution >= 0.6 is 11.6 Å². The number of hydrogen-bond acceptors (Lipinski definition) is 5. The summed E-state index contributed by atoms with van der Waals surface area (Å²) in [7, 11) is 0. The van der Waals surface area contributed by atoms with Crippen LogP contribution in [0.3, 0.4) is 0 Å². The van der Waals surface area contributed by atoms with E-state index in [1.807, 2.05) is 30.3 Å². The summed E-state index contributed by atoms with van der Waals surface area (Å²) in [6.45, 7) is 1.32. The van der Waals surface area contributed by atoms with E-state index in [-0.39, 0.29) is 18.7 Å². The molecule has 0 unspecified atom stereocenters. The van der Waals surface area contributed by atoms with E-state index in [1.54, 1.807) is 49.4 Å². The van der Waals surface area contributed by atoms with Crippen LogP contribution in [-0.2, 0) is 19.1 Å². The van der Waals surface area contributed by atoms with Crippen LogP contribution in [0.2, 0.25) is 5.02 Å². The first-order chi connectivity index (χ1) is 15.9. The minimum absolute atomic E-state index is 0.0733. The van der Waals surface area contributed by atoms with Crippen molar-refractivity contribution in [3.63, 3.8) is 0 Å². The lowest BCUT2D eigenvalue weighted by Gasteiger charge is -2.10. The molecule has 0 bridgehead atoms. The Morgan fingerprint density at radius 3 is 2.21 bits per heavy atom. The van der Waals surface area contributed by atoms with Gasteiger partial charge in [-0.25, -0.2) is 0 Å². The van der Waals surface area contributed by atoms with Gasteiger partial charge in [0.05, 0.1) is 6.42 Å². The molecule has 0 spiro atoms. The number of anilines is 2. The second kappa shape index (κ2) is 11.7. The number of carbonyl (C=O) groups excluding carboxylic acids is 3. The Morgan fingerprint density at radius 1 is 0.788 bits per heavy atom. The fraction of sp³-hybridized carbons (Fsp3) is 0.160. The number of rotatable bonds is 9. The molecule has 3 aromatic rings. The van der Waals surface area contributed by atoms with Gasteiger partial charge in [-0.2, -0.15) is 0 Å². The predicted molar refractivity (Wildman–Crippen MR) is 127 cm³/mol. The third kappa shape index (κ3) is 7.66. The molecule has 7 nitrogen and oxygen atoms in total. The van der Waals surface area contributed by atoms with Gasteiger partial charge in [0, 0.05) is 22.8 Å². The predicted octanol–water partition coefficient (Wildman–Crippen LogP) is 5.34. The van der Waals surface area contributed by atoms with Gasteiger partial charge in [0.25, 0.3) is 5.91 Å². The van der Waals surface area contributed by atoms with Crippen LogP contribution in [0, 0.1) is 6.92 Å². The van der Waals surface area contributed by atoms with Gasteiger partial charge in [-0.05, 0) is 61.0 Å². The molecule has 170 valence electrons. The van der Waals surface area contributed by atoms with E-state index >= 15 is 0 Å². The summed E-state index contributed by atoms with van der Waals surface area (Å²) in [6, 6.07) is 21.3. The molecule has 0 aliphatic carbocycles. The van der Waals surface area contributed by atoms with E-state index in [4.69, 9.17) is 21.1 Å². The number of esters is 1. The maximum Gasteiger partial charge on any atom is 0.306 e. The molecule has 3 aromatic carbocycles. The molecule has 0 aromatic heterocycles. The van der Waals surface area contributed by atoms with Crippen LogP contribution in [0.4, 0.5) is 11.4 Å². The Morgan fingerprint density at radius 2 is 1.48 bits per heavy atom. The highest BCUT2D eigenvalue weighted by Crippen LogP contribution is 2.23. The Balaban J connectivity index is 1.37. The zero-order valence-electron chi connectivity index (χ0n) is 18.0. The molecule has 2 amide bonds. The largest absolute Gasteiger partial charge is 0.457 e. The molecule has 0 heterocycles. The van der Waals surface area contributed by atoms with Crippen molar-refractivity contribution in [3.05, 3.63) is 83.4 Å². The van der Waals surface area contributed by atoms with Crippen molar-refractivity contribution >= 4 is 40.8 Å². The summed E-state index contributed by atoms with van der Waals surface area (Å²) in [4.78, 5) is 36.0. The summed E-state index contributed by atoms with van der Waals surface area (Å²) in [5.74, 6) is -0.133. The van der Waals surface area contributed by atoms with Crippen molar-refractivity contribution in [2.24, 2.45) is 0 Å². The number of ether oxygens (including phenoxy) is 2. The average Bonchev–Trinajstić information content (AvgIpc) is 2.81. The summed E-state index contributed by atoms with van der Waals surface area (Å²) < 4.78 is 10.6. The van der Waals surface area contributed by atoms with E-state index in [0.29, 0.717) is 27.9 Å². The van der Waals surface area contributed by atoms with Gasteiger partial charge in [-0.3, -0.25) is 14.4 Å². The van der Waals surface area contributed by atoms with Crippen molar-refractivity contribution < 1.29 is 23.9 Å². The Kier molecular flexibility index (Phi) is 8.43. The fourth-order valence-corrected chi connectivity index (χ4v) is 2.99. The summed E-state index contributed by atoms with van der Waals surface area (Å²) in [5.41, 5.74) is 1.84. The van der Waals surface area contributed by atoms with Gasteiger partial charge in [0.2, 0.25) is 5.91 Å². The summed E-state index contributed by atoms with van der Waals surface area (Å²) >= 11 is 6.01. The Labute approximate surface area is 196 Å². The molecule has 0 aliphatic heterocycles. The van der Waals surface area contributed by atoms with Gasteiger partial charge in [-0.15, -0.1) is 0 Å². The summed E-state index contributed by atoms with van der Waals surface area (Å²) in [5, 5.41) is 5.86. The molecule has 2 N–H and O–H groups in total. The lowest BCUT2D eigenvalue weighted by Crippen LogP contribution is -2.22. The molecule has 0 radical (unpaired) electrons. The SMILES string of the molecule is Cc1c(Cl)cccc1NC(=O)COC(=O)CCC(=O)Nc1ccc(Oc2ccccc2)cc1. The van der Waals surface area contributed by atoms with Crippen molar-refractivity contribution in [1.82, 2.24) is 0 Å². The zero-order chi connectivity index (χ0) is 23.6. The molecule has 0 saturated heterocycles. The monoisotopic (exact) mass is 466 g/mol. The number of hydrogen-bond donors (Lipinski definition) is 2. The maximum atomic E-state index is 12.1. The third-order valence-corrected chi connectivity index (χ3v) is 4.99. The smallest absolute Gasteiger partial charge is 0.306 e. The molecule has 8 heteroatoms. The molecule has 33 heavy (non-hydrogen) atoms. The van der Waals surface area contributed by atoms with E-state index in [0.717, 1.165) is 5.56 Å². The first-order valence-corrected chi connectivity index (χ1v) is 10.6.